The second-order valence-corrected chi connectivity index (χ2v) is 9.33. The van der Waals surface area contributed by atoms with Crippen LogP contribution < -0.4 is 5.32 Å². The molecule has 0 atom stereocenters. The van der Waals surface area contributed by atoms with Crippen LogP contribution in [0.4, 0.5) is 5.69 Å². The molecule has 0 unspecified atom stereocenters. The van der Waals surface area contributed by atoms with E-state index in [-0.39, 0.29) is 5.91 Å². The highest BCUT2D eigenvalue weighted by atomic mass is 127. The van der Waals surface area contributed by atoms with Crippen molar-refractivity contribution in [3.8, 4) is 0 Å². The molecular formula is C18H13Cl2IN2OS2. The standard InChI is InChI=1S/C18H13Cl2IN2OS2/c1-10-6-13(21)4-5-15(10)22-9-23-17(24)16(26-18(23)25)7-11-2-3-12(19)8-14(11)20/h2-8,22H,9H2,1H3/b16-7+. The number of aryl methyl sites for hydroxylation is 1. The van der Waals surface area contributed by atoms with E-state index in [2.05, 4.69) is 34.0 Å². The van der Waals surface area contributed by atoms with Gasteiger partial charge in [-0.05, 0) is 77.0 Å². The summed E-state index contributed by atoms with van der Waals surface area (Å²) in [4.78, 5) is 14.8. The Hall–Kier alpha value is -0.800. The summed E-state index contributed by atoms with van der Waals surface area (Å²) < 4.78 is 1.68. The minimum atomic E-state index is -0.137. The molecule has 2 aromatic rings. The molecule has 2 aromatic carbocycles. The molecule has 0 spiro atoms. The Balaban J connectivity index is 1.75. The molecule has 1 fully saturated rings. The first-order valence-electron chi connectivity index (χ1n) is 7.55. The number of nitrogens with one attached hydrogen (secondary N) is 1. The normalized spacial score (nSPS) is 15.8. The number of benzene rings is 2. The Morgan fingerprint density at radius 2 is 2.04 bits per heavy atom. The molecule has 1 aliphatic rings. The molecule has 1 aliphatic heterocycles. The SMILES string of the molecule is Cc1cc(I)ccc1NCN1C(=O)/C(=C\c2ccc(Cl)cc2Cl)SC1=S. The average molecular weight is 535 g/mol. The molecule has 1 saturated heterocycles. The predicted molar refractivity (Wildman–Crippen MR) is 124 cm³/mol. The second-order valence-electron chi connectivity index (χ2n) is 5.57. The zero-order chi connectivity index (χ0) is 18.8. The van der Waals surface area contributed by atoms with Crippen molar-refractivity contribution >= 4 is 91.8 Å². The maximum Gasteiger partial charge on any atom is 0.267 e. The van der Waals surface area contributed by atoms with Gasteiger partial charge in [-0.25, -0.2) is 0 Å². The number of carbonyl (C=O) groups excluding carboxylic acids is 1. The summed E-state index contributed by atoms with van der Waals surface area (Å²) in [5, 5.41) is 4.32. The van der Waals surface area contributed by atoms with E-state index in [4.69, 9.17) is 35.4 Å². The summed E-state index contributed by atoms with van der Waals surface area (Å²) in [6, 6.07) is 11.3. The van der Waals surface area contributed by atoms with Gasteiger partial charge in [0.1, 0.15) is 4.32 Å². The Kier molecular flexibility index (Phi) is 6.50. The smallest absolute Gasteiger partial charge is 0.267 e. The first-order valence-corrected chi connectivity index (χ1v) is 10.6. The fourth-order valence-electron chi connectivity index (χ4n) is 2.39. The second kappa shape index (κ2) is 8.48. The van der Waals surface area contributed by atoms with Crippen molar-refractivity contribution in [2.24, 2.45) is 0 Å². The highest BCUT2D eigenvalue weighted by molar-refractivity contribution is 14.1. The van der Waals surface area contributed by atoms with Crippen LogP contribution in [-0.4, -0.2) is 21.8 Å². The van der Waals surface area contributed by atoms with E-state index in [0.29, 0.717) is 25.9 Å². The number of rotatable bonds is 4. The zero-order valence-corrected chi connectivity index (χ0v) is 18.9. The summed E-state index contributed by atoms with van der Waals surface area (Å²) in [5.41, 5.74) is 2.83. The molecule has 134 valence electrons. The highest BCUT2D eigenvalue weighted by Gasteiger charge is 2.32. The van der Waals surface area contributed by atoms with Gasteiger partial charge in [0, 0.05) is 19.3 Å². The average Bonchev–Trinajstić information content (AvgIpc) is 2.83. The van der Waals surface area contributed by atoms with Crippen molar-refractivity contribution in [3.63, 3.8) is 0 Å². The molecule has 1 amide bonds. The monoisotopic (exact) mass is 534 g/mol. The third-order valence-electron chi connectivity index (χ3n) is 3.74. The van der Waals surface area contributed by atoms with E-state index in [1.165, 1.54) is 15.3 Å². The fraction of sp³-hybridized carbons (Fsp3) is 0.111. The highest BCUT2D eigenvalue weighted by Crippen LogP contribution is 2.34. The predicted octanol–water partition coefficient (Wildman–Crippen LogP) is 6.18. The van der Waals surface area contributed by atoms with Gasteiger partial charge in [0.25, 0.3) is 5.91 Å². The lowest BCUT2D eigenvalue weighted by Crippen LogP contribution is -2.33. The van der Waals surface area contributed by atoms with E-state index in [1.54, 1.807) is 29.2 Å². The molecule has 3 nitrogen and oxygen atoms in total. The van der Waals surface area contributed by atoms with E-state index in [9.17, 15) is 4.79 Å². The number of nitrogens with zero attached hydrogens (tertiary/aromatic N) is 1. The molecule has 0 radical (unpaired) electrons. The summed E-state index contributed by atoms with van der Waals surface area (Å²) in [6.45, 7) is 2.34. The number of thiocarbonyl (C=S) groups is 1. The van der Waals surface area contributed by atoms with Gasteiger partial charge >= 0.3 is 0 Å². The topological polar surface area (TPSA) is 32.3 Å². The van der Waals surface area contributed by atoms with Crippen molar-refractivity contribution in [2.45, 2.75) is 6.92 Å². The minimum absolute atomic E-state index is 0.137. The summed E-state index contributed by atoms with van der Waals surface area (Å²) in [7, 11) is 0. The molecule has 0 saturated carbocycles. The van der Waals surface area contributed by atoms with E-state index < -0.39 is 0 Å². The number of carbonyl (C=O) groups is 1. The number of halogens is 3. The van der Waals surface area contributed by atoms with Crippen LogP contribution in [0.15, 0.2) is 41.3 Å². The Morgan fingerprint density at radius 3 is 2.73 bits per heavy atom. The maximum absolute atomic E-state index is 12.7. The van der Waals surface area contributed by atoms with Crippen molar-refractivity contribution in [1.82, 2.24) is 4.90 Å². The van der Waals surface area contributed by atoms with E-state index in [1.807, 2.05) is 19.1 Å². The van der Waals surface area contributed by atoms with E-state index in [0.717, 1.165) is 16.8 Å². The molecule has 1 heterocycles. The molecule has 26 heavy (non-hydrogen) atoms. The lowest BCUT2D eigenvalue weighted by atomic mass is 10.2. The zero-order valence-electron chi connectivity index (χ0n) is 13.6. The van der Waals surface area contributed by atoms with Crippen LogP contribution in [0.5, 0.6) is 0 Å². The van der Waals surface area contributed by atoms with Gasteiger partial charge in [-0.3, -0.25) is 9.69 Å². The van der Waals surface area contributed by atoms with Gasteiger partial charge in [0.2, 0.25) is 0 Å². The van der Waals surface area contributed by atoms with Crippen LogP contribution in [0.3, 0.4) is 0 Å². The number of thioether (sulfide) groups is 1. The fourth-order valence-corrected chi connectivity index (χ4v) is 4.74. The summed E-state index contributed by atoms with van der Waals surface area (Å²) in [6.07, 6.45) is 1.74. The molecule has 3 rings (SSSR count). The Bertz CT molecular complexity index is 933. The molecular weight excluding hydrogens is 522 g/mol. The molecule has 8 heteroatoms. The van der Waals surface area contributed by atoms with Gasteiger partial charge < -0.3 is 5.32 Å². The van der Waals surface area contributed by atoms with Crippen LogP contribution in [0.25, 0.3) is 6.08 Å². The lowest BCUT2D eigenvalue weighted by molar-refractivity contribution is -0.121. The molecule has 0 aromatic heterocycles. The third kappa shape index (κ3) is 4.54. The molecule has 0 aliphatic carbocycles. The van der Waals surface area contributed by atoms with Crippen LogP contribution in [0, 0.1) is 10.5 Å². The van der Waals surface area contributed by atoms with Crippen molar-refractivity contribution in [3.05, 3.63) is 66.0 Å². The summed E-state index contributed by atoms with van der Waals surface area (Å²) >= 11 is 21.0. The van der Waals surface area contributed by atoms with Crippen molar-refractivity contribution < 1.29 is 4.79 Å². The van der Waals surface area contributed by atoms with Gasteiger partial charge in [-0.1, -0.05) is 53.2 Å². The van der Waals surface area contributed by atoms with Gasteiger partial charge in [0.05, 0.1) is 11.6 Å². The first kappa shape index (κ1) is 19.9. The van der Waals surface area contributed by atoms with Gasteiger partial charge in [-0.2, -0.15) is 0 Å². The van der Waals surface area contributed by atoms with Gasteiger partial charge in [0.15, 0.2) is 0 Å². The van der Waals surface area contributed by atoms with E-state index >= 15 is 0 Å². The minimum Gasteiger partial charge on any atom is -0.367 e. The third-order valence-corrected chi connectivity index (χ3v) is 6.35. The van der Waals surface area contributed by atoms with Crippen molar-refractivity contribution in [1.29, 1.82) is 0 Å². The lowest BCUT2D eigenvalue weighted by Gasteiger charge is -2.17. The molecule has 0 bridgehead atoms. The van der Waals surface area contributed by atoms with Crippen LogP contribution >= 0.6 is 69.8 Å². The number of hydrogen-bond donors (Lipinski definition) is 1. The number of hydrogen-bond acceptors (Lipinski definition) is 4. The van der Waals surface area contributed by atoms with Crippen molar-refractivity contribution in [2.75, 3.05) is 12.0 Å². The number of amides is 1. The molecule has 1 N–H and O–H groups in total. The Morgan fingerprint density at radius 1 is 1.27 bits per heavy atom. The first-order chi connectivity index (χ1) is 12.3. The maximum atomic E-state index is 12.7. The van der Waals surface area contributed by atoms with Gasteiger partial charge in [-0.15, -0.1) is 0 Å². The largest absolute Gasteiger partial charge is 0.367 e. The van der Waals surface area contributed by atoms with Crippen LogP contribution in [0.2, 0.25) is 10.0 Å². The summed E-state index contributed by atoms with van der Waals surface area (Å²) in [5.74, 6) is -0.137. The quantitative estimate of drug-likeness (QED) is 0.288. The van der Waals surface area contributed by atoms with Crippen LogP contribution in [0.1, 0.15) is 11.1 Å². The number of anilines is 1. The Labute approximate surface area is 185 Å². The van der Waals surface area contributed by atoms with Crippen LogP contribution in [-0.2, 0) is 4.79 Å².